The molecule has 3 aromatic rings. The van der Waals surface area contributed by atoms with E-state index in [-0.39, 0.29) is 6.54 Å². The Labute approximate surface area is 173 Å². The molecule has 2 amide bonds. The topological polar surface area (TPSA) is 115 Å². The zero-order valence-electron chi connectivity index (χ0n) is 16.8. The van der Waals surface area contributed by atoms with Gasteiger partial charge < -0.3 is 19.8 Å². The summed E-state index contributed by atoms with van der Waals surface area (Å²) in [6.07, 6.45) is 1.54. The Kier molecular flexibility index (Phi) is 6.31. The Morgan fingerprint density at radius 1 is 1.13 bits per heavy atom. The molecule has 9 heteroatoms. The van der Waals surface area contributed by atoms with E-state index < -0.39 is 23.8 Å². The number of furan rings is 1. The Balaban J connectivity index is 1.64. The Bertz CT molecular complexity index is 1040. The molecule has 0 radical (unpaired) electrons. The van der Waals surface area contributed by atoms with Crippen LogP contribution in [-0.2, 0) is 14.3 Å². The van der Waals surface area contributed by atoms with E-state index >= 15 is 0 Å². The van der Waals surface area contributed by atoms with E-state index in [9.17, 15) is 14.4 Å². The third kappa shape index (κ3) is 4.75. The first-order valence-electron chi connectivity index (χ1n) is 9.22. The normalized spacial score (nSPS) is 11.6. The molecule has 0 aliphatic heterocycles. The molecule has 1 atom stereocenters. The number of hydrogen-bond donors (Lipinski definition) is 2. The van der Waals surface area contributed by atoms with Gasteiger partial charge in [-0.3, -0.25) is 14.3 Å². The quantitative estimate of drug-likeness (QED) is 0.476. The fourth-order valence-corrected chi connectivity index (χ4v) is 3.02. The van der Waals surface area contributed by atoms with Crippen LogP contribution in [0.15, 0.2) is 53.1 Å². The maximum Gasteiger partial charge on any atom is 0.337 e. The fourth-order valence-electron chi connectivity index (χ4n) is 3.02. The minimum absolute atomic E-state index is 0.114. The highest BCUT2D eigenvalue weighted by Crippen LogP contribution is 2.20. The van der Waals surface area contributed by atoms with Gasteiger partial charge in [-0.2, -0.15) is 5.10 Å². The molecular formula is C21H22N4O5. The molecule has 30 heavy (non-hydrogen) atoms. The molecule has 0 unspecified atom stereocenters. The average molecular weight is 410 g/mol. The summed E-state index contributed by atoms with van der Waals surface area (Å²) in [4.78, 5) is 36.0. The summed E-state index contributed by atoms with van der Waals surface area (Å²) in [7, 11) is 1.28. The lowest BCUT2D eigenvalue weighted by atomic mass is 10.2. The monoisotopic (exact) mass is 410 g/mol. The van der Waals surface area contributed by atoms with Gasteiger partial charge >= 0.3 is 17.8 Å². The molecule has 0 spiro atoms. The maximum atomic E-state index is 12.3. The SMILES string of the molecule is COC(=O)c1ccc(NC(=O)C(=O)NC[C@H](c2ccco2)n2nc(C)cc2C)cc1. The van der Waals surface area contributed by atoms with Crippen molar-refractivity contribution in [1.82, 2.24) is 15.1 Å². The second-order valence-electron chi connectivity index (χ2n) is 6.64. The van der Waals surface area contributed by atoms with Gasteiger partial charge in [-0.25, -0.2) is 4.79 Å². The van der Waals surface area contributed by atoms with Crippen molar-refractivity contribution in [2.75, 3.05) is 19.0 Å². The minimum Gasteiger partial charge on any atom is -0.467 e. The van der Waals surface area contributed by atoms with Crippen molar-refractivity contribution < 1.29 is 23.5 Å². The van der Waals surface area contributed by atoms with E-state index in [0.29, 0.717) is 17.0 Å². The van der Waals surface area contributed by atoms with Gasteiger partial charge in [0.2, 0.25) is 0 Å². The van der Waals surface area contributed by atoms with Gasteiger partial charge in [0.25, 0.3) is 0 Å². The van der Waals surface area contributed by atoms with Crippen molar-refractivity contribution in [3.8, 4) is 0 Å². The zero-order chi connectivity index (χ0) is 21.7. The van der Waals surface area contributed by atoms with Crippen molar-refractivity contribution in [2.24, 2.45) is 0 Å². The molecule has 0 saturated carbocycles. The Morgan fingerprint density at radius 2 is 1.87 bits per heavy atom. The first kappa shape index (κ1) is 20.8. The van der Waals surface area contributed by atoms with Gasteiger partial charge in [-0.1, -0.05) is 0 Å². The molecule has 0 bridgehead atoms. The highest BCUT2D eigenvalue weighted by Gasteiger charge is 2.22. The summed E-state index contributed by atoms with van der Waals surface area (Å²) < 4.78 is 11.9. The number of hydrogen-bond acceptors (Lipinski definition) is 6. The smallest absolute Gasteiger partial charge is 0.337 e. The van der Waals surface area contributed by atoms with Gasteiger partial charge in [0.05, 0.1) is 24.6 Å². The van der Waals surface area contributed by atoms with Crippen LogP contribution in [-0.4, -0.2) is 41.2 Å². The Hall–Kier alpha value is -3.88. The number of nitrogens with one attached hydrogen (secondary N) is 2. The van der Waals surface area contributed by atoms with Crippen LogP contribution in [0.5, 0.6) is 0 Å². The predicted octanol–water partition coefficient (Wildman–Crippen LogP) is 2.22. The first-order valence-corrected chi connectivity index (χ1v) is 9.22. The van der Waals surface area contributed by atoms with E-state index in [2.05, 4.69) is 20.5 Å². The zero-order valence-corrected chi connectivity index (χ0v) is 16.8. The highest BCUT2D eigenvalue weighted by molar-refractivity contribution is 6.39. The van der Waals surface area contributed by atoms with Crippen molar-refractivity contribution in [3.05, 3.63) is 71.4 Å². The molecule has 1 aromatic carbocycles. The largest absolute Gasteiger partial charge is 0.467 e. The molecular weight excluding hydrogens is 388 g/mol. The maximum absolute atomic E-state index is 12.3. The van der Waals surface area contributed by atoms with Crippen LogP contribution in [0.25, 0.3) is 0 Å². The molecule has 9 nitrogen and oxygen atoms in total. The van der Waals surface area contributed by atoms with E-state index in [0.717, 1.165) is 11.4 Å². The van der Waals surface area contributed by atoms with Crippen molar-refractivity contribution >= 4 is 23.5 Å². The molecule has 0 aliphatic carbocycles. The number of anilines is 1. The van der Waals surface area contributed by atoms with Gasteiger partial charge in [-0.15, -0.1) is 0 Å². The summed E-state index contributed by atoms with van der Waals surface area (Å²) in [5, 5.41) is 9.56. The molecule has 2 heterocycles. The van der Waals surface area contributed by atoms with Crippen molar-refractivity contribution in [3.63, 3.8) is 0 Å². The second kappa shape index (κ2) is 9.08. The molecule has 2 aromatic heterocycles. The summed E-state index contributed by atoms with van der Waals surface area (Å²) >= 11 is 0. The Morgan fingerprint density at radius 3 is 2.43 bits per heavy atom. The second-order valence-corrected chi connectivity index (χ2v) is 6.64. The first-order chi connectivity index (χ1) is 14.4. The van der Waals surface area contributed by atoms with Crippen molar-refractivity contribution in [2.45, 2.75) is 19.9 Å². The molecule has 0 aliphatic rings. The van der Waals surface area contributed by atoms with E-state index in [1.807, 2.05) is 19.9 Å². The number of rotatable bonds is 6. The summed E-state index contributed by atoms with van der Waals surface area (Å²) in [5.41, 5.74) is 2.46. The van der Waals surface area contributed by atoms with Gasteiger partial charge in [-0.05, 0) is 56.3 Å². The number of carbonyl (C=O) groups is 3. The highest BCUT2D eigenvalue weighted by atomic mass is 16.5. The molecule has 0 fully saturated rings. The van der Waals surface area contributed by atoms with Crippen LogP contribution < -0.4 is 10.6 Å². The fraction of sp³-hybridized carbons (Fsp3) is 0.238. The minimum atomic E-state index is -0.826. The number of aromatic nitrogens is 2. The average Bonchev–Trinajstić information content (AvgIpc) is 3.38. The molecule has 2 N–H and O–H groups in total. The number of nitrogens with zero attached hydrogens (tertiary/aromatic N) is 2. The number of ether oxygens (including phenoxy) is 1. The number of esters is 1. The number of methoxy groups -OCH3 is 1. The van der Waals surface area contributed by atoms with E-state index in [4.69, 9.17) is 4.42 Å². The van der Waals surface area contributed by atoms with E-state index in [1.165, 1.54) is 31.4 Å². The van der Waals surface area contributed by atoms with Gasteiger partial charge in [0.15, 0.2) is 0 Å². The van der Waals surface area contributed by atoms with Crippen LogP contribution in [0.2, 0.25) is 0 Å². The van der Waals surface area contributed by atoms with Crippen LogP contribution in [0.1, 0.15) is 33.5 Å². The van der Waals surface area contributed by atoms with Gasteiger partial charge in [0.1, 0.15) is 11.8 Å². The third-order valence-corrected chi connectivity index (χ3v) is 4.44. The summed E-state index contributed by atoms with van der Waals surface area (Å²) in [6, 6.07) is 11.1. The molecule has 0 saturated heterocycles. The number of carbonyl (C=O) groups excluding carboxylic acids is 3. The van der Waals surface area contributed by atoms with Crippen LogP contribution >= 0.6 is 0 Å². The number of aryl methyl sites for hydroxylation is 2. The molecule has 3 rings (SSSR count). The van der Waals surface area contributed by atoms with Crippen LogP contribution in [0, 0.1) is 13.8 Å². The summed E-state index contributed by atoms with van der Waals surface area (Å²) in [5.74, 6) is -1.50. The molecule has 156 valence electrons. The summed E-state index contributed by atoms with van der Waals surface area (Å²) in [6.45, 7) is 3.89. The predicted molar refractivity (Wildman–Crippen MR) is 108 cm³/mol. The standard InChI is InChI=1S/C21H22N4O5/c1-13-11-14(2)25(24-13)17(18-5-4-10-30-18)12-22-19(26)20(27)23-16-8-6-15(7-9-16)21(28)29-3/h4-11,17H,12H2,1-3H3,(H,22,26)(H,23,27)/t17-/m1/s1. The van der Waals surface area contributed by atoms with Crippen LogP contribution in [0.3, 0.4) is 0 Å². The number of benzene rings is 1. The lowest BCUT2D eigenvalue weighted by Crippen LogP contribution is -2.39. The van der Waals surface area contributed by atoms with E-state index in [1.54, 1.807) is 23.1 Å². The third-order valence-electron chi connectivity index (χ3n) is 4.44. The van der Waals surface area contributed by atoms with Gasteiger partial charge in [0, 0.05) is 17.9 Å². The lowest BCUT2D eigenvalue weighted by molar-refractivity contribution is -0.136. The van der Waals surface area contributed by atoms with Crippen LogP contribution in [0.4, 0.5) is 5.69 Å². The number of amides is 2. The van der Waals surface area contributed by atoms with Crippen molar-refractivity contribution in [1.29, 1.82) is 0 Å². The lowest BCUT2D eigenvalue weighted by Gasteiger charge is -2.18.